The highest BCUT2D eigenvalue weighted by Crippen LogP contribution is 2.21. The lowest BCUT2D eigenvalue weighted by Crippen LogP contribution is -2.23. The van der Waals surface area contributed by atoms with Crippen molar-refractivity contribution in [3.05, 3.63) is 70.9 Å². The molecule has 3 rings (SSSR count). The van der Waals surface area contributed by atoms with E-state index in [1.165, 1.54) is 22.0 Å². The van der Waals surface area contributed by atoms with Crippen LogP contribution < -0.4 is 10.6 Å². The van der Waals surface area contributed by atoms with Gasteiger partial charge in [0, 0.05) is 35.8 Å². The van der Waals surface area contributed by atoms with Gasteiger partial charge in [0.1, 0.15) is 0 Å². The zero-order valence-corrected chi connectivity index (χ0v) is 14.9. The van der Waals surface area contributed by atoms with Crippen molar-refractivity contribution in [1.82, 2.24) is 15.6 Å². The van der Waals surface area contributed by atoms with E-state index in [0.29, 0.717) is 12.1 Å². The van der Waals surface area contributed by atoms with E-state index in [9.17, 15) is 4.79 Å². The summed E-state index contributed by atoms with van der Waals surface area (Å²) < 4.78 is 0. The molecule has 4 nitrogen and oxygen atoms in total. The topological polar surface area (TPSA) is 56.9 Å². The van der Waals surface area contributed by atoms with Crippen molar-refractivity contribution in [2.45, 2.75) is 26.8 Å². The molecule has 1 amide bonds. The van der Waals surface area contributed by atoms with Gasteiger partial charge in [-0.3, -0.25) is 4.79 Å². The van der Waals surface area contributed by atoms with Gasteiger partial charge >= 0.3 is 0 Å². The number of hydrogen-bond donors (Lipinski definition) is 3. The van der Waals surface area contributed by atoms with Gasteiger partial charge in [-0.1, -0.05) is 30.3 Å². The number of nitrogens with one attached hydrogen (secondary N) is 3. The average molecular weight is 335 g/mol. The Balaban J connectivity index is 1.55. The number of H-pyrrole nitrogens is 1. The van der Waals surface area contributed by atoms with Crippen LogP contribution in [0.1, 0.15) is 34.0 Å². The Morgan fingerprint density at radius 1 is 1.16 bits per heavy atom. The molecule has 0 saturated carbocycles. The third kappa shape index (κ3) is 4.09. The lowest BCUT2D eigenvalue weighted by Gasteiger charge is -2.07. The van der Waals surface area contributed by atoms with Gasteiger partial charge in [-0.05, 0) is 55.6 Å². The van der Waals surface area contributed by atoms with Crippen LogP contribution in [0.15, 0.2) is 48.7 Å². The Morgan fingerprint density at radius 2 is 2.00 bits per heavy atom. The summed E-state index contributed by atoms with van der Waals surface area (Å²) >= 11 is 0. The summed E-state index contributed by atoms with van der Waals surface area (Å²) in [5.41, 5.74) is 5.68. The summed E-state index contributed by atoms with van der Waals surface area (Å²) in [5.74, 6) is -0.0153. The molecule has 0 spiro atoms. The molecule has 0 aliphatic heterocycles. The van der Waals surface area contributed by atoms with Crippen LogP contribution in [0.3, 0.4) is 0 Å². The van der Waals surface area contributed by atoms with E-state index in [1.54, 1.807) is 0 Å². The second-order valence-corrected chi connectivity index (χ2v) is 6.30. The molecule has 0 radical (unpaired) electrons. The van der Waals surface area contributed by atoms with E-state index in [4.69, 9.17) is 0 Å². The van der Waals surface area contributed by atoms with Crippen molar-refractivity contribution >= 4 is 16.8 Å². The minimum atomic E-state index is -0.0153. The molecule has 0 bridgehead atoms. The van der Waals surface area contributed by atoms with Crippen LogP contribution in [0.2, 0.25) is 0 Å². The maximum atomic E-state index is 11.9. The number of benzene rings is 2. The minimum absolute atomic E-state index is 0.0153. The van der Waals surface area contributed by atoms with Crippen LogP contribution >= 0.6 is 0 Å². The average Bonchev–Trinajstić information content (AvgIpc) is 3.04. The van der Waals surface area contributed by atoms with Crippen LogP contribution in [-0.2, 0) is 13.0 Å². The molecule has 1 aromatic heterocycles. The first-order valence-electron chi connectivity index (χ1n) is 8.82. The maximum Gasteiger partial charge on any atom is 0.251 e. The second kappa shape index (κ2) is 7.99. The van der Waals surface area contributed by atoms with E-state index in [0.717, 1.165) is 25.1 Å². The largest absolute Gasteiger partial charge is 0.361 e. The molecule has 3 aromatic rings. The Bertz CT molecular complexity index is 866. The standard InChI is InChI=1S/C21H25N3O/c1-3-23-21(25)17-8-5-7-16(12-17)13-22-11-10-18-14-24-20-15(2)6-4-9-19(18)20/h4-9,12,14,22,24H,3,10-11,13H2,1-2H3,(H,23,25). The number of carbonyl (C=O) groups is 1. The Kier molecular flexibility index (Phi) is 5.51. The highest BCUT2D eigenvalue weighted by Gasteiger charge is 2.06. The van der Waals surface area contributed by atoms with Crippen molar-refractivity contribution in [1.29, 1.82) is 0 Å². The van der Waals surface area contributed by atoms with Crippen molar-refractivity contribution < 1.29 is 4.79 Å². The molecule has 0 aliphatic rings. The highest BCUT2D eigenvalue weighted by molar-refractivity contribution is 5.94. The van der Waals surface area contributed by atoms with E-state index >= 15 is 0 Å². The molecule has 0 atom stereocenters. The number of aryl methyl sites for hydroxylation is 1. The van der Waals surface area contributed by atoms with Crippen LogP contribution in [0.5, 0.6) is 0 Å². The smallest absolute Gasteiger partial charge is 0.251 e. The number of amides is 1. The molecule has 130 valence electrons. The third-order valence-electron chi connectivity index (χ3n) is 4.44. The second-order valence-electron chi connectivity index (χ2n) is 6.30. The van der Waals surface area contributed by atoms with Gasteiger partial charge in [0.2, 0.25) is 0 Å². The Labute approximate surface area is 148 Å². The lowest BCUT2D eigenvalue weighted by molar-refractivity contribution is 0.0955. The van der Waals surface area contributed by atoms with Crippen molar-refractivity contribution in [2.24, 2.45) is 0 Å². The molecule has 2 aromatic carbocycles. The number of hydrogen-bond acceptors (Lipinski definition) is 2. The summed E-state index contributed by atoms with van der Waals surface area (Å²) in [5, 5.41) is 7.61. The summed E-state index contributed by atoms with van der Waals surface area (Å²) in [4.78, 5) is 15.3. The number of aromatic nitrogens is 1. The van der Waals surface area contributed by atoms with Gasteiger partial charge in [0.05, 0.1) is 0 Å². The van der Waals surface area contributed by atoms with E-state index in [2.05, 4.69) is 46.9 Å². The van der Waals surface area contributed by atoms with Gasteiger partial charge in [0.25, 0.3) is 5.91 Å². The SMILES string of the molecule is CCNC(=O)c1cccc(CNCCc2c[nH]c3c(C)cccc23)c1. The summed E-state index contributed by atoms with van der Waals surface area (Å²) in [6.45, 7) is 6.35. The van der Waals surface area contributed by atoms with E-state index in [1.807, 2.05) is 31.2 Å². The number of carbonyl (C=O) groups excluding carboxylic acids is 1. The minimum Gasteiger partial charge on any atom is -0.361 e. The third-order valence-corrected chi connectivity index (χ3v) is 4.44. The molecule has 3 N–H and O–H groups in total. The Hall–Kier alpha value is -2.59. The van der Waals surface area contributed by atoms with Crippen LogP contribution in [0.4, 0.5) is 0 Å². The summed E-state index contributed by atoms with van der Waals surface area (Å²) in [7, 11) is 0. The normalized spacial score (nSPS) is 11.0. The predicted octanol–water partition coefficient (Wildman–Crippen LogP) is 3.56. The van der Waals surface area contributed by atoms with Crippen molar-refractivity contribution in [2.75, 3.05) is 13.1 Å². The summed E-state index contributed by atoms with van der Waals surface area (Å²) in [6, 6.07) is 14.2. The zero-order chi connectivity index (χ0) is 17.6. The fraction of sp³-hybridized carbons (Fsp3) is 0.286. The lowest BCUT2D eigenvalue weighted by atomic mass is 10.1. The number of rotatable bonds is 7. The number of aromatic amines is 1. The zero-order valence-electron chi connectivity index (χ0n) is 14.9. The Morgan fingerprint density at radius 3 is 2.84 bits per heavy atom. The highest BCUT2D eigenvalue weighted by atomic mass is 16.1. The van der Waals surface area contributed by atoms with Gasteiger partial charge in [0.15, 0.2) is 0 Å². The van der Waals surface area contributed by atoms with Gasteiger partial charge in [-0.25, -0.2) is 0 Å². The van der Waals surface area contributed by atoms with Crippen LogP contribution in [0.25, 0.3) is 10.9 Å². The fourth-order valence-electron chi connectivity index (χ4n) is 3.11. The van der Waals surface area contributed by atoms with E-state index < -0.39 is 0 Å². The number of para-hydroxylation sites is 1. The molecular formula is C21H25N3O. The molecule has 0 saturated heterocycles. The predicted molar refractivity (Wildman–Crippen MR) is 103 cm³/mol. The fourth-order valence-corrected chi connectivity index (χ4v) is 3.11. The van der Waals surface area contributed by atoms with E-state index in [-0.39, 0.29) is 5.91 Å². The molecule has 0 aliphatic carbocycles. The van der Waals surface area contributed by atoms with Gasteiger partial charge in [-0.15, -0.1) is 0 Å². The van der Waals surface area contributed by atoms with Crippen LogP contribution in [-0.4, -0.2) is 24.0 Å². The molecule has 1 heterocycles. The van der Waals surface area contributed by atoms with Gasteiger partial charge < -0.3 is 15.6 Å². The quantitative estimate of drug-likeness (QED) is 0.578. The monoisotopic (exact) mass is 335 g/mol. The van der Waals surface area contributed by atoms with Gasteiger partial charge in [-0.2, -0.15) is 0 Å². The van der Waals surface area contributed by atoms with Crippen molar-refractivity contribution in [3.8, 4) is 0 Å². The number of fused-ring (bicyclic) bond motifs is 1. The molecule has 4 heteroatoms. The summed E-state index contributed by atoms with van der Waals surface area (Å²) in [6.07, 6.45) is 3.08. The van der Waals surface area contributed by atoms with Crippen LogP contribution in [0, 0.1) is 6.92 Å². The van der Waals surface area contributed by atoms with Crippen molar-refractivity contribution in [3.63, 3.8) is 0 Å². The first kappa shape index (κ1) is 17.2. The molecule has 0 unspecified atom stereocenters. The first-order valence-corrected chi connectivity index (χ1v) is 8.82. The maximum absolute atomic E-state index is 11.9. The molecular weight excluding hydrogens is 310 g/mol. The molecule has 0 fully saturated rings. The first-order chi connectivity index (χ1) is 12.2. The molecule has 25 heavy (non-hydrogen) atoms.